The summed E-state index contributed by atoms with van der Waals surface area (Å²) in [7, 11) is 0. The van der Waals surface area contributed by atoms with Gasteiger partial charge in [0.15, 0.2) is 17.3 Å². The van der Waals surface area contributed by atoms with Crippen molar-refractivity contribution in [1.82, 2.24) is 0 Å². The molecule has 1 aliphatic carbocycles. The second kappa shape index (κ2) is 5.73. The van der Waals surface area contributed by atoms with Crippen LogP contribution in [0.3, 0.4) is 0 Å². The van der Waals surface area contributed by atoms with Gasteiger partial charge in [-0.2, -0.15) is 0 Å². The van der Waals surface area contributed by atoms with Gasteiger partial charge in [0.05, 0.1) is 10.5 Å². The highest BCUT2D eigenvalue weighted by molar-refractivity contribution is 6.31. The SMILES string of the molecule is CC1CC(=O)C(C(=O)c2ccc(Cl)cc2[N+](=O)[O-])C(=O)C1. The number of hydrogen-bond donors (Lipinski definition) is 0. The van der Waals surface area contributed by atoms with E-state index in [2.05, 4.69) is 0 Å². The van der Waals surface area contributed by atoms with E-state index in [0.717, 1.165) is 6.07 Å². The van der Waals surface area contributed by atoms with E-state index in [-0.39, 0.29) is 29.3 Å². The van der Waals surface area contributed by atoms with Gasteiger partial charge in [0.25, 0.3) is 5.69 Å². The van der Waals surface area contributed by atoms with Crippen LogP contribution in [-0.2, 0) is 9.59 Å². The molecule has 0 aromatic heterocycles. The molecular weight excluding hydrogens is 298 g/mol. The molecule has 6 nitrogen and oxygen atoms in total. The highest BCUT2D eigenvalue weighted by Gasteiger charge is 2.41. The first-order valence-electron chi connectivity index (χ1n) is 6.35. The maximum Gasteiger partial charge on any atom is 0.281 e. The zero-order valence-corrected chi connectivity index (χ0v) is 11.9. The van der Waals surface area contributed by atoms with Crippen molar-refractivity contribution in [1.29, 1.82) is 0 Å². The number of Topliss-reactive ketones (excluding diaryl/α,β-unsaturated/α-hetero) is 3. The third-order valence-corrected chi connectivity index (χ3v) is 3.66. The normalized spacial score (nSPS) is 22.2. The minimum Gasteiger partial charge on any atom is -0.298 e. The van der Waals surface area contributed by atoms with Gasteiger partial charge in [0.2, 0.25) is 0 Å². The van der Waals surface area contributed by atoms with Gasteiger partial charge >= 0.3 is 0 Å². The Morgan fingerprint density at radius 3 is 2.38 bits per heavy atom. The molecule has 0 saturated heterocycles. The van der Waals surface area contributed by atoms with Gasteiger partial charge in [-0.1, -0.05) is 18.5 Å². The molecule has 0 radical (unpaired) electrons. The Morgan fingerprint density at radius 2 is 1.86 bits per heavy atom. The molecule has 0 N–H and O–H groups in total. The van der Waals surface area contributed by atoms with Crippen molar-refractivity contribution in [3.05, 3.63) is 38.9 Å². The molecule has 7 heteroatoms. The van der Waals surface area contributed by atoms with Crippen LogP contribution in [0.1, 0.15) is 30.1 Å². The maximum absolute atomic E-state index is 12.4. The first-order valence-corrected chi connectivity index (χ1v) is 6.72. The molecule has 0 heterocycles. The molecule has 0 amide bonds. The standard InChI is InChI=1S/C14H12ClNO5/c1-7-4-11(17)13(12(18)5-7)14(19)9-3-2-8(15)6-10(9)16(20)21/h2-3,6-7,13H,4-5H2,1H3. The van der Waals surface area contributed by atoms with Crippen molar-refractivity contribution in [3.8, 4) is 0 Å². The average molecular weight is 310 g/mol. The molecule has 2 rings (SSSR count). The summed E-state index contributed by atoms with van der Waals surface area (Å²) >= 11 is 5.68. The topological polar surface area (TPSA) is 94.3 Å². The first-order chi connectivity index (χ1) is 9.81. The molecule has 0 spiro atoms. The van der Waals surface area contributed by atoms with E-state index in [1.165, 1.54) is 12.1 Å². The van der Waals surface area contributed by atoms with Crippen LogP contribution in [-0.4, -0.2) is 22.3 Å². The number of rotatable bonds is 3. The van der Waals surface area contributed by atoms with E-state index < -0.39 is 33.9 Å². The summed E-state index contributed by atoms with van der Waals surface area (Å²) in [5.74, 6) is -3.31. The Hall–Kier alpha value is -2.08. The van der Waals surface area contributed by atoms with E-state index >= 15 is 0 Å². The zero-order chi connectivity index (χ0) is 15.7. The van der Waals surface area contributed by atoms with E-state index in [0.29, 0.717) is 0 Å². The van der Waals surface area contributed by atoms with Crippen LogP contribution < -0.4 is 0 Å². The van der Waals surface area contributed by atoms with Crippen molar-refractivity contribution >= 4 is 34.6 Å². The minimum atomic E-state index is -1.43. The van der Waals surface area contributed by atoms with Gasteiger partial charge in [-0.15, -0.1) is 0 Å². The second-order valence-corrected chi connectivity index (χ2v) is 5.60. The van der Waals surface area contributed by atoms with Gasteiger partial charge in [-0.25, -0.2) is 0 Å². The van der Waals surface area contributed by atoms with Gasteiger partial charge in [-0.05, 0) is 18.1 Å². The summed E-state index contributed by atoms with van der Waals surface area (Å²) in [6.45, 7) is 1.75. The summed E-state index contributed by atoms with van der Waals surface area (Å²) in [4.78, 5) is 46.5. The fourth-order valence-electron chi connectivity index (χ4n) is 2.49. The van der Waals surface area contributed by atoms with Gasteiger partial charge in [0, 0.05) is 23.9 Å². The smallest absolute Gasteiger partial charge is 0.281 e. The predicted octanol–water partition coefficient (Wildman–Crippen LogP) is 2.62. The quantitative estimate of drug-likeness (QED) is 0.370. The summed E-state index contributed by atoms with van der Waals surface area (Å²) in [6.07, 6.45) is 0.257. The monoisotopic (exact) mass is 309 g/mol. The fraction of sp³-hybridized carbons (Fsp3) is 0.357. The Morgan fingerprint density at radius 1 is 1.29 bits per heavy atom. The summed E-state index contributed by atoms with van der Waals surface area (Å²) < 4.78 is 0. The second-order valence-electron chi connectivity index (χ2n) is 5.16. The zero-order valence-electron chi connectivity index (χ0n) is 11.2. The molecule has 1 fully saturated rings. The third kappa shape index (κ3) is 3.00. The minimum absolute atomic E-state index is 0.103. The van der Waals surface area contributed by atoms with Gasteiger partial charge < -0.3 is 0 Å². The van der Waals surface area contributed by atoms with Gasteiger partial charge in [0.1, 0.15) is 5.92 Å². The molecule has 21 heavy (non-hydrogen) atoms. The van der Waals surface area contributed by atoms with Crippen LogP contribution in [0.5, 0.6) is 0 Å². The maximum atomic E-state index is 12.4. The molecule has 0 atom stereocenters. The highest BCUT2D eigenvalue weighted by Crippen LogP contribution is 2.30. The molecule has 0 aliphatic heterocycles. The predicted molar refractivity (Wildman–Crippen MR) is 74.3 cm³/mol. The Bertz CT molecular complexity index is 637. The largest absolute Gasteiger partial charge is 0.298 e. The van der Waals surface area contributed by atoms with Crippen LogP contribution in [0.4, 0.5) is 5.69 Å². The number of nitro groups is 1. The lowest BCUT2D eigenvalue weighted by atomic mass is 9.77. The van der Waals surface area contributed by atoms with Crippen LogP contribution in [0, 0.1) is 22.0 Å². The average Bonchev–Trinajstić information content (AvgIpc) is 2.36. The van der Waals surface area contributed by atoms with E-state index in [1.807, 2.05) is 0 Å². The fourth-order valence-corrected chi connectivity index (χ4v) is 2.65. The molecule has 1 aliphatic rings. The molecule has 1 saturated carbocycles. The van der Waals surface area contributed by atoms with E-state index in [9.17, 15) is 24.5 Å². The molecule has 0 unspecified atom stereocenters. The van der Waals surface area contributed by atoms with Crippen molar-refractivity contribution in [2.75, 3.05) is 0 Å². The van der Waals surface area contributed by atoms with Crippen molar-refractivity contribution in [2.45, 2.75) is 19.8 Å². The number of hydrogen-bond acceptors (Lipinski definition) is 5. The number of halogens is 1. The summed E-state index contributed by atoms with van der Waals surface area (Å²) in [5, 5.41) is 11.1. The van der Waals surface area contributed by atoms with Crippen LogP contribution in [0.2, 0.25) is 5.02 Å². The Labute approximate surface area is 125 Å². The van der Waals surface area contributed by atoms with E-state index in [4.69, 9.17) is 11.6 Å². The van der Waals surface area contributed by atoms with Crippen LogP contribution in [0.25, 0.3) is 0 Å². The van der Waals surface area contributed by atoms with Crippen LogP contribution in [0.15, 0.2) is 18.2 Å². The molecular formula is C14H12ClNO5. The lowest BCUT2D eigenvalue weighted by Crippen LogP contribution is -2.38. The van der Waals surface area contributed by atoms with Crippen molar-refractivity contribution < 1.29 is 19.3 Å². The Balaban J connectivity index is 2.43. The number of nitrogens with zero attached hydrogens (tertiary/aromatic N) is 1. The molecule has 1 aromatic carbocycles. The molecule has 110 valence electrons. The number of carbonyl (C=O) groups is 3. The van der Waals surface area contributed by atoms with Crippen molar-refractivity contribution in [2.24, 2.45) is 11.8 Å². The number of carbonyl (C=O) groups excluding carboxylic acids is 3. The van der Waals surface area contributed by atoms with Gasteiger partial charge in [-0.3, -0.25) is 24.5 Å². The van der Waals surface area contributed by atoms with Crippen molar-refractivity contribution in [3.63, 3.8) is 0 Å². The van der Waals surface area contributed by atoms with Crippen LogP contribution >= 0.6 is 11.6 Å². The first kappa shape index (κ1) is 15.3. The summed E-state index contributed by atoms with van der Waals surface area (Å²) in [6, 6.07) is 3.54. The molecule has 1 aromatic rings. The number of nitro benzene ring substituents is 1. The number of benzene rings is 1. The lowest BCUT2D eigenvalue weighted by molar-refractivity contribution is -0.385. The van der Waals surface area contributed by atoms with E-state index in [1.54, 1.807) is 6.92 Å². The molecule has 0 bridgehead atoms. The Kier molecular flexibility index (Phi) is 4.18. The third-order valence-electron chi connectivity index (χ3n) is 3.43. The lowest BCUT2D eigenvalue weighted by Gasteiger charge is -2.22. The number of ketones is 3. The summed E-state index contributed by atoms with van der Waals surface area (Å²) in [5.41, 5.74) is -0.752. The highest BCUT2D eigenvalue weighted by atomic mass is 35.5.